The Labute approximate surface area is 212 Å². The second kappa shape index (κ2) is 9.76. The number of piperidine rings is 1. The molecule has 9 nitrogen and oxygen atoms in total. The van der Waals surface area contributed by atoms with Crippen molar-refractivity contribution in [3.8, 4) is 11.5 Å². The number of ether oxygens (including phenoxy) is 2. The number of aliphatic hydroxyl groups excluding tert-OH is 1. The molecule has 2 fully saturated rings. The molecule has 3 heterocycles. The number of hydrogen-bond donors (Lipinski definition) is 2. The third-order valence-electron chi connectivity index (χ3n) is 7.16. The molecule has 0 radical (unpaired) electrons. The van der Waals surface area contributed by atoms with E-state index < -0.39 is 5.60 Å². The summed E-state index contributed by atoms with van der Waals surface area (Å²) in [4.78, 5) is 26.7. The Morgan fingerprint density at radius 2 is 1.89 bits per heavy atom. The Morgan fingerprint density at radius 1 is 1.17 bits per heavy atom. The molecule has 194 valence electrons. The first-order valence-corrected chi connectivity index (χ1v) is 13.1. The molecule has 1 aromatic heterocycles. The Morgan fingerprint density at radius 3 is 2.58 bits per heavy atom. The second-order valence-electron chi connectivity index (χ2n) is 10.8. The standard InChI is InChI=1S/C27H37N5O4/c1-17(2)35-22-15-19(31-13-11-20(33)12-14-31)9-10-21(22)29-26-28-16-23-24(30-26)32(18-7-5-6-8-18)25(34)27(3,4)36-23/h9-10,15-18,20,33H,5-8,11-14H2,1-4H3,(H,28,29,30). The van der Waals surface area contributed by atoms with Gasteiger partial charge in [-0.25, -0.2) is 4.98 Å². The molecule has 0 atom stereocenters. The maximum Gasteiger partial charge on any atom is 0.272 e. The van der Waals surface area contributed by atoms with Crippen LogP contribution in [0.2, 0.25) is 0 Å². The number of nitrogens with one attached hydrogen (secondary N) is 1. The van der Waals surface area contributed by atoms with E-state index in [0.717, 1.165) is 63.0 Å². The van der Waals surface area contributed by atoms with Crippen molar-refractivity contribution in [1.29, 1.82) is 0 Å². The van der Waals surface area contributed by atoms with Crippen molar-refractivity contribution < 1.29 is 19.4 Å². The first-order chi connectivity index (χ1) is 17.2. The van der Waals surface area contributed by atoms with Gasteiger partial charge in [0.05, 0.1) is 24.1 Å². The highest BCUT2D eigenvalue weighted by Crippen LogP contribution is 2.41. The second-order valence-corrected chi connectivity index (χ2v) is 10.8. The van der Waals surface area contributed by atoms with Crippen LogP contribution in [0.1, 0.15) is 66.2 Å². The van der Waals surface area contributed by atoms with E-state index in [1.54, 1.807) is 20.0 Å². The van der Waals surface area contributed by atoms with Crippen LogP contribution in [0.15, 0.2) is 24.4 Å². The molecular formula is C27H37N5O4. The summed E-state index contributed by atoms with van der Waals surface area (Å²) in [7, 11) is 0. The van der Waals surface area contributed by atoms with Crippen LogP contribution in [0.5, 0.6) is 11.5 Å². The lowest BCUT2D eigenvalue weighted by Crippen LogP contribution is -2.55. The van der Waals surface area contributed by atoms with Crippen molar-refractivity contribution in [2.24, 2.45) is 0 Å². The number of anilines is 4. The number of hydrogen-bond acceptors (Lipinski definition) is 8. The van der Waals surface area contributed by atoms with Gasteiger partial charge in [-0.15, -0.1) is 0 Å². The van der Waals surface area contributed by atoms with Gasteiger partial charge in [-0.3, -0.25) is 9.69 Å². The monoisotopic (exact) mass is 495 g/mol. The number of fused-ring (bicyclic) bond motifs is 1. The van der Waals surface area contributed by atoms with Gasteiger partial charge in [-0.2, -0.15) is 4.98 Å². The summed E-state index contributed by atoms with van der Waals surface area (Å²) in [5.74, 6) is 2.08. The molecule has 3 aliphatic rings. The average molecular weight is 496 g/mol. The zero-order valence-corrected chi connectivity index (χ0v) is 21.7. The summed E-state index contributed by atoms with van der Waals surface area (Å²) in [6, 6.07) is 6.18. The van der Waals surface area contributed by atoms with Gasteiger partial charge >= 0.3 is 0 Å². The zero-order valence-electron chi connectivity index (χ0n) is 21.7. The molecule has 1 saturated carbocycles. The maximum absolute atomic E-state index is 13.3. The lowest BCUT2D eigenvalue weighted by atomic mass is 10.0. The van der Waals surface area contributed by atoms with Crippen LogP contribution in [0, 0.1) is 0 Å². The topological polar surface area (TPSA) is 100 Å². The van der Waals surface area contributed by atoms with Crippen molar-refractivity contribution in [2.75, 3.05) is 28.2 Å². The largest absolute Gasteiger partial charge is 0.489 e. The van der Waals surface area contributed by atoms with Crippen LogP contribution in [0.4, 0.5) is 23.1 Å². The molecule has 1 saturated heterocycles. The third-order valence-corrected chi connectivity index (χ3v) is 7.16. The van der Waals surface area contributed by atoms with Crippen LogP contribution in [-0.4, -0.2) is 57.9 Å². The normalized spacial score (nSPS) is 20.4. The molecule has 0 bridgehead atoms. The van der Waals surface area contributed by atoms with E-state index in [4.69, 9.17) is 14.5 Å². The number of rotatable bonds is 6. The summed E-state index contributed by atoms with van der Waals surface area (Å²) in [6.07, 6.45) is 7.09. The smallest absolute Gasteiger partial charge is 0.272 e. The Kier molecular flexibility index (Phi) is 6.68. The van der Waals surface area contributed by atoms with Crippen LogP contribution in [0.25, 0.3) is 0 Å². The van der Waals surface area contributed by atoms with Crippen LogP contribution in [0.3, 0.4) is 0 Å². The highest BCUT2D eigenvalue weighted by atomic mass is 16.5. The Bertz CT molecular complexity index is 1110. The van der Waals surface area contributed by atoms with Crippen molar-refractivity contribution >= 4 is 29.0 Å². The van der Waals surface area contributed by atoms with Gasteiger partial charge in [-0.1, -0.05) is 12.8 Å². The predicted molar refractivity (Wildman–Crippen MR) is 139 cm³/mol. The minimum Gasteiger partial charge on any atom is -0.489 e. The first kappa shape index (κ1) is 24.6. The SMILES string of the molecule is CC(C)Oc1cc(N2CCC(O)CC2)ccc1Nc1ncc2c(n1)N(C1CCCC1)C(=O)C(C)(C)O2. The van der Waals surface area contributed by atoms with E-state index in [-0.39, 0.29) is 24.2 Å². The molecule has 2 aliphatic heterocycles. The maximum atomic E-state index is 13.3. The minimum atomic E-state index is -0.952. The van der Waals surface area contributed by atoms with Gasteiger partial charge in [0, 0.05) is 30.9 Å². The van der Waals surface area contributed by atoms with Crippen molar-refractivity contribution in [1.82, 2.24) is 9.97 Å². The minimum absolute atomic E-state index is 0.0143. The van der Waals surface area contributed by atoms with Gasteiger partial charge in [-0.05, 0) is 65.5 Å². The fourth-order valence-electron chi connectivity index (χ4n) is 5.28. The van der Waals surface area contributed by atoms with Crippen LogP contribution < -0.4 is 24.6 Å². The molecule has 0 spiro atoms. The zero-order chi connectivity index (χ0) is 25.4. The van der Waals surface area contributed by atoms with Gasteiger partial charge in [0.1, 0.15) is 5.75 Å². The molecule has 2 N–H and O–H groups in total. The molecule has 5 rings (SSSR count). The van der Waals surface area contributed by atoms with Crippen molar-refractivity contribution in [3.05, 3.63) is 24.4 Å². The Balaban J connectivity index is 1.44. The van der Waals surface area contributed by atoms with E-state index in [2.05, 4.69) is 15.2 Å². The van der Waals surface area contributed by atoms with Gasteiger partial charge in [0.15, 0.2) is 17.2 Å². The number of amides is 1. The number of aliphatic hydroxyl groups is 1. The predicted octanol–water partition coefficient (Wildman–Crippen LogP) is 4.42. The first-order valence-electron chi connectivity index (χ1n) is 13.1. The fourth-order valence-corrected chi connectivity index (χ4v) is 5.28. The van der Waals surface area contributed by atoms with Crippen LogP contribution >= 0.6 is 0 Å². The van der Waals surface area contributed by atoms with E-state index in [1.165, 1.54) is 0 Å². The lowest BCUT2D eigenvalue weighted by Gasteiger charge is -2.40. The highest BCUT2D eigenvalue weighted by Gasteiger charge is 2.45. The number of carbonyl (C=O) groups excluding carboxylic acids is 1. The summed E-state index contributed by atoms with van der Waals surface area (Å²) < 4.78 is 12.1. The molecule has 0 unspecified atom stereocenters. The summed E-state index contributed by atoms with van der Waals surface area (Å²) in [5.41, 5.74) is 0.857. The average Bonchev–Trinajstić information content (AvgIpc) is 3.36. The molecule has 36 heavy (non-hydrogen) atoms. The molecular weight excluding hydrogens is 458 g/mol. The number of nitrogens with zero attached hydrogens (tertiary/aromatic N) is 4. The van der Waals surface area contributed by atoms with E-state index in [9.17, 15) is 9.90 Å². The highest BCUT2D eigenvalue weighted by molar-refractivity contribution is 6.02. The van der Waals surface area contributed by atoms with Gasteiger partial charge in [0.25, 0.3) is 5.91 Å². The summed E-state index contributed by atoms with van der Waals surface area (Å²) in [6.45, 7) is 9.20. The number of benzene rings is 1. The molecule has 1 aliphatic carbocycles. The van der Waals surface area contributed by atoms with Gasteiger partial charge in [0.2, 0.25) is 5.95 Å². The third kappa shape index (κ3) is 4.93. The Hall–Kier alpha value is -3.07. The van der Waals surface area contributed by atoms with E-state index >= 15 is 0 Å². The van der Waals surface area contributed by atoms with Crippen molar-refractivity contribution in [3.63, 3.8) is 0 Å². The summed E-state index contributed by atoms with van der Waals surface area (Å²) in [5, 5.41) is 13.2. The molecule has 9 heteroatoms. The number of aromatic nitrogens is 2. The van der Waals surface area contributed by atoms with E-state index in [0.29, 0.717) is 23.3 Å². The van der Waals surface area contributed by atoms with E-state index in [1.807, 2.05) is 36.9 Å². The molecule has 2 aromatic rings. The lowest BCUT2D eigenvalue weighted by molar-refractivity contribution is -0.133. The van der Waals surface area contributed by atoms with Gasteiger partial charge < -0.3 is 24.8 Å². The number of carbonyl (C=O) groups is 1. The quantitative estimate of drug-likeness (QED) is 0.608. The molecule has 1 aromatic carbocycles. The fraction of sp³-hybridized carbons (Fsp3) is 0.593. The summed E-state index contributed by atoms with van der Waals surface area (Å²) >= 11 is 0. The van der Waals surface area contributed by atoms with Crippen LogP contribution in [-0.2, 0) is 4.79 Å². The molecule has 1 amide bonds. The van der Waals surface area contributed by atoms with Crippen molar-refractivity contribution in [2.45, 2.75) is 90.1 Å².